The van der Waals surface area contributed by atoms with E-state index in [4.69, 9.17) is 0 Å². The third kappa shape index (κ3) is 2.51. The zero-order chi connectivity index (χ0) is 11.5. The molecule has 0 bridgehead atoms. The summed E-state index contributed by atoms with van der Waals surface area (Å²) in [6.07, 6.45) is 1.90. The van der Waals surface area contributed by atoms with E-state index in [2.05, 4.69) is 46.8 Å². The quantitative estimate of drug-likeness (QED) is 0.855. The van der Waals surface area contributed by atoms with Gasteiger partial charge in [-0.2, -0.15) is 11.3 Å². The average Bonchev–Trinajstić information content (AvgIpc) is 2.83. The standard InChI is InChI=1S/C12H17N3S/c1-8(2)13-4-10-5-14-12(15-10)11-7-16-6-9(11)3/h5-8,13H,4H2,1-3H3,(H,14,15). The second kappa shape index (κ2) is 4.80. The second-order valence-corrected chi connectivity index (χ2v) is 5.00. The van der Waals surface area contributed by atoms with E-state index in [0.717, 1.165) is 18.1 Å². The van der Waals surface area contributed by atoms with E-state index in [1.54, 1.807) is 11.3 Å². The van der Waals surface area contributed by atoms with Gasteiger partial charge in [-0.15, -0.1) is 0 Å². The van der Waals surface area contributed by atoms with Crippen LogP contribution in [0.15, 0.2) is 17.0 Å². The highest BCUT2D eigenvalue weighted by atomic mass is 32.1. The summed E-state index contributed by atoms with van der Waals surface area (Å²) in [5.41, 5.74) is 3.62. The lowest BCUT2D eigenvalue weighted by molar-refractivity contribution is 0.583. The van der Waals surface area contributed by atoms with Crippen LogP contribution in [-0.2, 0) is 6.54 Å². The molecule has 0 aromatic carbocycles. The van der Waals surface area contributed by atoms with Crippen LogP contribution in [0.4, 0.5) is 0 Å². The number of imidazole rings is 1. The van der Waals surface area contributed by atoms with Crippen molar-refractivity contribution in [1.29, 1.82) is 0 Å². The van der Waals surface area contributed by atoms with Gasteiger partial charge >= 0.3 is 0 Å². The maximum atomic E-state index is 4.41. The first-order valence-corrected chi connectivity index (χ1v) is 6.41. The van der Waals surface area contributed by atoms with Gasteiger partial charge in [-0.3, -0.25) is 0 Å². The van der Waals surface area contributed by atoms with Crippen LogP contribution in [0.25, 0.3) is 11.4 Å². The monoisotopic (exact) mass is 235 g/mol. The number of hydrogen-bond acceptors (Lipinski definition) is 3. The third-order valence-corrected chi connectivity index (χ3v) is 3.30. The smallest absolute Gasteiger partial charge is 0.138 e. The number of aryl methyl sites for hydroxylation is 1. The molecule has 0 aliphatic carbocycles. The minimum Gasteiger partial charge on any atom is -0.341 e. The maximum Gasteiger partial charge on any atom is 0.138 e. The lowest BCUT2D eigenvalue weighted by atomic mass is 10.2. The molecule has 0 atom stereocenters. The van der Waals surface area contributed by atoms with Gasteiger partial charge in [0, 0.05) is 35.4 Å². The zero-order valence-electron chi connectivity index (χ0n) is 9.87. The number of rotatable bonds is 4. The Morgan fingerprint density at radius 1 is 1.44 bits per heavy atom. The minimum absolute atomic E-state index is 0.495. The second-order valence-electron chi connectivity index (χ2n) is 4.26. The Morgan fingerprint density at radius 2 is 2.25 bits per heavy atom. The summed E-state index contributed by atoms with van der Waals surface area (Å²) in [5, 5.41) is 7.64. The summed E-state index contributed by atoms with van der Waals surface area (Å²) < 4.78 is 0. The predicted octanol–water partition coefficient (Wildman–Crippen LogP) is 2.94. The van der Waals surface area contributed by atoms with E-state index in [0.29, 0.717) is 6.04 Å². The molecule has 2 aromatic heterocycles. The minimum atomic E-state index is 0.495. The van der Waals surface area contributed by atoms with Crippen LogP contribution in [0.5, 0.6) is 0 Å². The van der Waals surface area contributed by atoms with Gasteiger partial charge in [0.25, 0.3) is 0 Å². The highest BCUT2D eigenvalue weighted by molar-refractivity contribution is 7.08. The molecule has 4 heteroatoms. The molecular weight excluding hydrogens is 218 g/mol. The molecule has 0 saturated carbocycles. The van der Waals surface area contributed by atoms with E-state index in [9.17, 15) is 0 Å². The van der Waals surface area contributed by atoms with Crippen molar-refractivity contribution in [3.8, 4) is 11.4 Å². The fraction of sp³-hybridized carbons (Fsp3) is 0.417. The van der Waals surface area contributed by atoms with Crippen LogP contribution >= 0.6 is 11.3 Å². The molecule has 0 amide bonds. The first-order chi connectivity index (χ1) is 7.66. The molecular formula is C12H17N3S. The molecule has 2 heterocycles. The summed E-state index contributed by atoms with van der Waals surface area (Å²) in [6, 6.07) is 0.495. The summed E-state index contributed by atoms with van der Waals surface area (Å²) >= 11 is 1.71. The largest absolute Gasteiger partial charge is 0.341 e. The van der Waals surface area contributed by atoms with Gasteiger partial charge in [-0.05, 0) is 17.9 Å². The third-order valence-electron chi connectivity index (χ3n) is 2.44. The van der Waals surface area contributed by atoms with Crippen LogP contribution in [-0.4, -0.2) is 16.0 Å². The van der Waals surface area contributed by atoms with Gasteiger partial charge < -0.3 is 10.3 Å². The molecule has 2 N–H and O–H groups in total. The van der Waals surface area contributed by atoms with Crippen molar-refractivity contribution >= 4 is 11.3 Å². The summed E-state index contributed by atoms with van der Waals surface area (Å²) in [4.78, 5) is 7.75. The lowest BCUT2D eigenvalue weighted by Gasteiger charge is -2.05. The Morgan fingerprint density at radius 3 is 2.88 bits per heavy atom. The molecule has 0 unspecified atom stereocenters. The molecule has 16 heavy (non-hydrogen) atoms. The molecule has 0 aliphatic rings. The Balaban J connectivity index is 2.11. The first kappa shape index (κ1) is 11.4. The SMILES string of the molecule is Cc1cscc1-c1ncc(CNC(C)C)[nH]1. The molecule has 3 nitrogen and oxygen atoms in total. The van der Waals surface area contributed by atoms with Gasteiger partial charge in [0.2, 0.25) is 0 Å². The Labute approximate surface area is 99.9 Å². The topological polar surface area (TPSA) is 40.7 Å². The van der Waals surface area contributed by atoms with Gasteiger partial charge in [0.1, 0.15) is 5.82 Å². The molecule has 86 valence electrons. The van der Waals surface area contributed by atoms with Crippen molar-refractivity contribution in [3.05, 3.63) is 28.2 Å². The van der Waals surface area contributed by atoms with E-state index in [1.807, 2.05) is 6.20 Å². The fourth-order valence-corrected chi connectivity index (χ4v) is 2.34. The van der Waals surface area contributed by atoms with Crippen molar-refractivity contribution < 1.29 is 0 Å². The Kier molecular flexibility index (Phi) is 3.41. The van der Waals surface area contributed by atoms with Gasteiger partial charge in [0.15, 0.2) is 0 Å². The van der Waals surface area contributed by atoms with Crippen LogP contribution in [0.1, 0.15) is 25.1 Å². The van der Waals surface area contributed by atoms with Crippen molar-refractivity contribution in [2.75, 3.05) is 0 Å². The van der Waals surface area contributed by atoms with Crippen molar-refractivity contribution in [2.24, 2.45) is 0 Å². The summed E-state index contributed by atoms with van der Waals surface area (Å²) in [6.45, 7) is 7.23. The number of nitrogens with zero attached hydrogens (tertiary/aromatic N) is 1. The molecule has 0 saturated heterocycles. The Hall–Kier alpha value is -1.13. The van der Waals surface area contributed by atoms with Gasteiger partial charge in [-0.25, -0.2) is 4.98 Å². The van der Waals surface area contributed by atoms with E-state index in [1.165, 1.54) is 11.1 Å². The summed E-state index contributed by atoms with van der Waals surface area (Å²) in [5.74, 6) is 0.972. The molecule has 0 spiro atoms. The molecule has 2 aromatic rings. The van der Waals surface area contributed by atoms with Crippen LogP contribution in [0.3, 0.4) is 0 Å². The lowest BCUT2D eigenvalue weighted by Crippen LogP contribution is -2.21. The number of aromatic amines is 1. The Bertz CT molecular complexity index is 456. The number of thiophene rings is 1. The van der Waals surface area contributed by atoms with E-state index < -0.39 is 0 Å². The average molecular weight is 235 g/mol. The summed E-state index contributed by atoms with van der Waals surface area (Å²) in [7, 11) is 0. The van der Waals surface area contributed by atoms with Crippen LogP contribution in [0.2, 0.25) is 0 Å². The molecule has 0 fully saturated rings. The van der Waals surface area contributed by atoms with E-state index >= 15 is 0 Å². The number of aromatic nitrogens is 2. The molecule has 2 rings (SSSR count). The van der Waals surface area contributed by atoms with Gasteiger partial charge in [-0.1, -0.05) is 13.8 Å². The van der Waals surface area contributed by atoms with Crippen LogP contribution < -0.4 is 5.32 Å². The van der Waals surface area contributed by atoms with Crippen molar-refractivity contribution in [1.82, 2.24) is 15.3 Å². The fourth-order valence-electron chi connectivity index (χ4n) is 1.50. The first-order valence-electron chi connectivity index (χ1n) is 5.47. The highest BCUT2D eigenvalue weighted by Gasteiger charge is 2.07. The highest BCUT2D eigenvalue weighted by Crippen LogP contribution is 2.23. The zero-order valence-corrected chi connectivity index (χ0v) is 10.7. The molecule has 0 radical (unpaired) electrons. The van der Waals surface area contributed by atoms with Gasteiger partial charge in [0.05, 0.1) is 0 Å². The predicted molar refractivity (Wildman–Crippen MR) is 68.6 cm³/mol. The van der Waals surface area contributed by atoms with Crippen LogP contribution in [0, 0.1) is 6.92 Å². The van der Waals surface area contributed by atoms with E-state index in [-0.39, 0.29) is 0 Å². The number of H-pyrrole nitrogens is 1. The van der Waals surface area contributed by atoms with Crippen molar-refractivity contribution in [2.45, 2.75) is 33.4 Å². The normalized spacial score (nSPS) is 11.2. The molecule has 0 aliphatic heterocycles. The number of nitrogens with one attached hydrogen (secondary N) is 2. The number of hydrogen-bond donors (Lipinski definition) is 2. The van der Waals surface area contributed by atoms with Crippen molar-refractivity contribution in [3.63, 3.8) is 0 Å². The maximum absolute atomic E-state index is 4.41.